The normalized spacial score (nSPS) is 22.0. The lowest BCUT2D eigenvalue weighted by Crippen LogP contribution is -2.47. The van der Waals surface area contributed by atoms with Crippen LogP contribution in [0.3, 0.4) is 0 Å². The van der Waals surface area contributed by atoms with E-state index in [0.717, 1.165) is 44.8 Å². The maximum absolute atomic E-state index is 12.5. The van der Waals surface area contributed by atoms with Crippen LogP contribution in [0, 0.1) is 0 Å². The molecule has 2 aliphatic heterocycles. The molecule has 6 heteroatoms. The van der Waals surface area contributed by atoms with Gasteiger partial charge in [0.25, 0.3) is 5.91 Å². The summed E-state index contributed by atoms with van der Waals surface area (Å²) >= 11 is 0. The van der Waals surface area contributed by atoms with E-state index in [9.17, 15) is 4.79 Å². The van der Waals surface area contributed by atoms with Gasteiger partial charge in [0.2, 0.25) is 0 Å². The van der Waals surface area contributed by atoms with Gasteiger partial charge >= 0.3 is 0 Å². The first-order chi connectivity index (χ1) is 14.8. The van der Waals surface area contributed by atoms with Crippen molar-refractivity contribution in [3.63, 3.8) is 0 Å². The molecule has 2 unspecified atom stereocenters. The summed E-state index contributed by atoms with van der Waals surface area (Å²) in [5, 5.41) is 3.00. The Labute approximate surface area is 178 Å². The van der Waals surface area contributed by atoms with E-state index in [4.69, 9.17) is 14.2 Å². The molecule has 1 amide bonds. The monoisotopic (exact) mass is 410 g/mol. The van der Waals surface area contributed by atoms with Gasteiger partial charge in [-0.1, -0.05) is 30.3 Å². The number of morpholine rings is 1. The van der Waals surface area contributed by atoms with Crippen molar-refractivity contribution in [2.24, 2.45) is 0 Å². The number of nitrogens with zero attached hydrogens (tertiary/aromatic N) is 1. The number of carbonyl (C=O) groups excluding carboxylic acids is 1. The quantitative estimate of drug-likeness (QED) is 0.725. The van der Waals surface area contributed by atoms with E-state index >= 15 is 0 Å². The largest absolute Gasteiger partial charge is 0.491 e. The first-order valence-corrected chi connectivity index (χ1v) is 10.8. The van der Waals surface area contributed by atoms with Crippen LogP contribution in [0.15, 0.2) is 54.6 Å². The van der Waals surface area contributed by atoms with Gasteiger partial charge in [0.1, 0.15) is 12.4 Å². The van der Waals surface area contributed by atoms with Crippen molar-refractivity contribution in [2.45, 2.75) is 31.6 Å². The van der Waals surface area contributed by atoms with E-state index in [2.05, 4.69) is 34.5 Å². The zero-order valence-electron chi connectivity index (χ0n) is 17.3. The number of benzene rings is 2. The maximum Gasteiger partial charge on any atom is 0.251 e. The lowest BCUT2D eigenvalue weighted by molar-refractivity contribution is -0.0292. The van der Waals surface area contributed by atoms with E-state index in [1.165, 1.54) is 5.56 Å². The molecule has 1 N–H and O–H groups in total. The molecule has 0 aromatic heterocycles. The fraction of sp³-hybridized carbons (Fsp3) is 0.458. The van der Waals surface area contributed by atoms with Crippen molar-refractivity contribution in [3.05, 3.63) is 65.7 Å². The molecule has 2 atom stereocenters. The van der Waals surface area contributed by atoms with Crippen molar-refractivity contribution >= 4 is 5.91 Å². The molecule has 0 saturated carbocycles. The summed E-state index contributed by atoms with van der Waals surface area (Å²) in [5.41, 5.74) is 1.92. The van der Waals surface area contributed by atoms with E-state index in [1.54, 1.807) is 12.1 Å². The van der Waals surface area contributed by atoms with Crippen molar-refractivity contribution in [2.75, 3.05) is 39.5 Å². The SMILES string of the molecule is O=C(NCC1CN(Cc2ccccc2)CCO1)c1ccc(OCC2CCCO2)cc1. The lowest BCUT2D eigenvalue weighted by Gasteiger charge is -2.33. The predicted molar refractivity (Wildman–Crippen MR) is 115 cm³/mol. The zero-order valence-corrected chi connectivity index (χ0v) is 17.3. The Morgan fingerprint density at radius 1 is 1.03 bits per heavy atom. The van der Waals surface area contributed by atoms with Crippen LogP contribution in [0.4, 0.5) is 0 Å². The van der Waals surface area contributed by atoms with E-state index in [0.29, 0.717) is 25.3 Å². The first-order valence-electron chi connectivity index (χ1n) is 10.8. The van der Waals surface area contributed by atoms with Gasteiger partial charge < -0.3 is 19.5 Å². The summed E-state index contributed by atoms with van der Waals surface area (Å²) in [7, 11) is 0. The Hall–Kier alpha value is -2.41. The van der Waals surface area contributed by atoms with Gasteiger partial charge in [-0.2, -0.15) is 0 Å². The number of amides is 1. The van der Waals surface area contributed by atoms with Crippen LogP contribution in [-0.2, 0) is 16.0 Å². The van der Waals surface area contributed by atoms with Crippen LogP contribution >= 0.6 is 0 Å². The van der Waals surface area contributed by atoms with Gasteiger partial charge in [0.15, 0.2) is 0 Å². The number of hydrogen-bond acceptors (Lipinski definition) is 5. The zero-order chi connectivity index (χ0) is 20.6. The van der Waals surface area contributed by atoms with Crippen molar-refractivity contribution in [1.82, 2.24) is 10.2 Å². The molecule has 0 radical (unpaired) electrons. The van der Waals surface area contributed by atoms with Crippen LogP contribution < -0.4 is 10.1 Å². The summed E-state index contributed by atoms with van der Waals surface area (Å²) in [6.45, 7) is 5.19. The Bertz CT molecular complexity index is 791. The van der Waals surface area contributed by atoms with E-state index in [-0.39, 0.29) is 18.1 Å². The molecule has 4 rings (SSSR count). The summed E-state index contributed by atoms with van der Waals surface area (Å²) < 4.78 is 17.2. The van der Waals surface area contributed by atoms with Crippen LogP contribution in [0.2, 0.25) is 0 Å². The number of rotatable bonds is 8. The molecule has 0 spiro atoms. The predicted octanol–water partition coefficient (Wildman–Crippen LogP) is 2.88. The first kappa shape index (κ1) is 20.8. The van der Waals surface area contributed by atoms with Gasteiger partial charge in [0, 0.05) is 38.3 Å². The highest BCUT2D eigenvalue weighted by Gasteiger charge is 2.21. The fourth-order valence-corrected chi connectivity index (χ4v) is 3.87. The van der Waals surface area contributed by atoms with E-state index in [1.807, 2.05) is 18.2 Å². The minimum Gasteiger partial charge on any atom is -0.491 e. The minimum absolute atomic E-state index is 0.000399. The maximum atomic E-state index is 12.5. The molecule has 6 nitrogen and oxygen atoms in total. The van der Waals surface area contributed by atoms with Crippen LogP contribution in [0.25, 0.3) is 0 Å². The van der Waals surface area contributed by atoms with Crippen molar-refractivity contribution in [1.29, 1.82) is 0 Å². The Balaban J connectivity index is 1.20. The summed E-state index contributed by atoms with van der Waals surface area (Å²) in [6, 6.07) is 17.7. The van der Waals surface area contributed by atoms with Gasteiger partial charge in [-0.25, -0.2) is 0 Å². The molecule has 2 aromatic carbocycles. The third kappa shape index (κ3) is 6.05. The number of hydrogen-bond donors (Lipinski definition) is 1. The summed E-state index contributed by atoms with van der Waals surface area (Å²) in [4.78, 5) is 14.9. The summed E-state index contributed by atoms with van der Waals surface area (Å²) in [5.74, 6) is 0.665. The molecule has 2 heterocycles. The molecule has 2 aromatic rings. The second-order valence-electron chi connectivity index (χ2n) is 7.89. The number of nitrogens with one attached hydrogen (secondary N) is 1. The molecule has 2 fully saturated rings. The standard InChI is InChI=1S/C24H30N2O4/c27-24(20-8-10-21(11-9-20)30-18-22-7-4-13-28-22)25-15-23-17-26(12-14-29-23)16-19-5-2-1-3-6-19/h1-3,5-6,8-11,22-23H,4,7,12-18H2,(H,25,27). The van der Waals surface area contributed by atoms with Gasteiger partial charge in [0.05, 0.1) is 18.8 Å². The molecular formula is C24H30N2O4. The molecule has 30 heavy (non-hydrogen) atoms. The second-order valence-corrected chi connectivity index (χ2v) is 7.89. The third-order valence-electron chi connectivity index (χ3n) is 5.54. The molecule has 0 aliphatic carbocycles. The molecule has 2 saturated heterocycles. The molecule has 0 bridgehead atoms. The van der Waals surface area contributed by atoms with Crippen molar-refractivity contribution in [3.8, 4) is 5.75 Å². The van der Waals surface area contributed by atoms with Crippen LogP contribution in [0.1, 0.15) is 28.8 Å². The van der Waals surface area contributed by atoms with E-state index < -0.39 is 0 Å². The number of carbonyl (C=O) groups is 1. The Morgan fingerprint density at radius 3 is 2.60 bits per heavy atom. The molecular weight excluding hydrogens is 380 g/mol. The minimum atomic E-state index is -0.0931. The summed E-state index contributed by atoms with van der Waals surface area (Å²) in [6.07, 6.45) is 2.33. The van der Waals surface area contributed by atoms with Crippen LogP contribution in [0.5, 0.6) is 5.75 Å². The average molecular weight is 411 g/mol. The molecule has 160 valence electrons. The highest BCUT2D eigenvalue weighted by atomic mass is 16.5. The van der Waals surface area contributed by atoms with Gasteiger partial charge in [-0.15, -0.1) is 0 Å². The Morgan fingerprint density at radius 2 is 1.83 bits per heavy atom. The smallest absolute Gasteiger partial charge is 0.251 e. The van der Waals surface area contributed by atoms with Gasteiger partial charge in [-0.05, 0) is 42.7 Å². The highest BCUT2D eigenvalue weighted by molar-refractivity contribution is 5.94. The second kappa shape index (κ2) is 10.6. The Kier molecular flexibility index (Phi) is 7.34. The lowest BCUT2D eigenvalue weighted by atomic mass is 10.1. The van der Waals surface area contributed by atoms with Gasteiger partial charge in [-0.3, -0.25) is 9.69 Å². The van der Waals surface area contributed by atoms with Crippen molar-refractivity contribution < 1.29 is 19.0 Å². The average Bonchev–Trinajstić information content (AvgIpc) is 3.31. The molecule has 2 aliphatic rings. The highest BCUT2D eigenvalue weighted by Crippen LogP contribution is 2.17. The topological polar surface area (TPSA) is 60.0 Å². The number of ether oxygens (including phenoxy) is 3. The van der Waals surface area contributed by atoms with Crippen LogP contribution in [-0.4, -0.2) is 62.5 Å². The fourth-order valence-electron chi connectivity index (χ4n) is 3.87. The third-order valence-corrected chi connectivity index (χ3v) is 5.54.